The van der Waals surface area contributed by atoms with Crippen molar-refractivity contribution in [3.8, 4) is 0 Å². The summed E-state index contributed by atoms with van der Waals surface area (Å²) < 4.78 is 0. The summed E-state index contributed by atoms with van der Waals surface area (Å²) in [5, 5.41) is 3.27. The lowest BCUT2D eigenvalue weighted by Crippen LogP contribution is -2.51. The highest BCUT2D eigenvalue weighted by Gasteiger charge is 2.38. The summed E-state index contributed by atoms with van der Waals surface area (Å²) in [6, 6.07) is 4.03. The van der Waals surface area contributed by atoms with Crippen LogP contribution < -0.4 is 11.1 Å². The van der Waals surface area contributed by atoms with E-state index < -0.39 is 5.54 Å². The first-order valence-corrected chi connectivity index (χ1v) is 6.17. The Morgan fingerprint density at radius 2 is 2.24 bits per heavy atom. The maximum absolute atomic E-state index is 11.5. The lowest BCUT2D eigenvalue weighted by Gasteiger charge is -2.25. The van der Waals surface area contributed by atoms with Crippen molar-refractivity contribution < 1.29 is 4.79 Å². The average molecular weight is 233 g/mol. The molecule has 4 heteroatoms. The van der Waals surface area contributed by atoms with Gasteiger partial charge in [0, 0.05) is 12.4 Å². The fourth-order valence-electron chi connectivity index (χ4n) is 2.50. The molecule has 1 aromatic rings. The van der Waals surface area contributed by atoms with Gasteiger partial charge in [-0.15, -0.1) is 0 Å². The zero-order chi connectivity index (χ0) is 12.1. The molecule has 0 bridgehead atoms. The fraction of sp³-hybridized carbons (Fsp3) is 0.538. The molecule has 92 valence electrons. The normalized spacial score (nSPS) is 23.8. The fourth-order valence-corrected chi connectivity index (χ4v) is 2.50. The number of hydrogen-bond acceptors (Lipinski definition) is 3. The summed E-state index contributed by atoms with van der Waals surface area (Å²) >= 11 is 0. The van der Waals surface area contributed by atoms with Crippen molar-refractivity contribution in [3.05, 3.63) is 30.1 Å². The van der Waals surface area contributed by atoms with Gasteiger partial charge in [-0.25, -0.2) is 0 Å². The number of carbonyl (C=O) groups excluding carboxylic acids is 1. The maximum Gasteiger partial charge on any atom is 0.237 e. The minimum absolute atomic E-state index is 0.204. The molecule has 0 spiro atoms. The van der Waals surface area contributed by atoms with Crippen LogP contribution in [0.25, 0.3) is 0 Å². The molecule has 0 aliphatic carbocycles. The molecular weight excluding hydrogens is 214 g/mol. The van der Waals surface area contributed by atoms with Crippen molar-refractivity contribution in [2.45, 2.75) is 37.6 Å². The van der Waals surface area contributed by atoms with E-state index in [0.29, 0.717) is 0 Å². The lowest BCUT2D eigenvalue weighted by molar-refractivity contribution is -0.124. The molecule has 3 N–H and O–H groups in total. The highest BCUT2D eigenvalue weighted by atomic mass is 16.1. The van der Waals surface area contributed by atoms with E-state index in [1.54, 1.807) is 12.4 Å². The van der Waals surface area contributed by atoms with Crippen LogP contribution in [-0.2, 0) is 11.2 Å². The van der Waals surface area contributed by atoms with Gasteiger partial charge in [0.25, 0.3) is 0 Å². The highest BCUT2D eigenvalue weighted by Crippen LogP contribution is 2.25. The Labute approximate surface area is 102 Å². The molecule has 1 aliphatic heterocycles. The Bertz CT molecular complexity index is 372. The van der Waals surface area contributed by atoms with Gasteiger partial charge in [-0.1, -0.05) is 0 Å². The van der Waals surface area contributed by atoms with Gasteiger partial charge < -0.3 is 11.1 Å². The third-order valence-corrected chi connectivity index (χ3v) is 3.53. The molecule has 4 nitrogen and oxygen atoms in total. The number of nitrogens with zero attached hydrogens (tertiary/aromatic N) is 1. The molecule has 1 aliphatic rings. The second-order valence-electron chi connectivity index (χ2n) is 4.69. The van der Waals surface area contributed by atoms with Crippen LogP contribution >= 0.6 is 0 Å². The van der Waals surface area contributed by atoms with E-state index in [0.717, 1.165) is 38.6 Å². The quantitative estimate of drug-likeness (QED) is 0.797. The van der Waals surface area contributed by atoms with Gasteiger partial charge >= 0.3 is 0 Å². The predicted molar refractivity (Wildman–Crippen MR) is 66.3 cm³/mol. The number of hydrogen-bond donors (Lipinski definition) is 2. The summed E-state index contributed by atoms with van der Waals surface area (Å²) in [7, 11) is 0. The highest BCUT2D eigenvalue weighted by molar-refractivity contribution is 5.85. The van der Waals surface area contributed by atoms with Crippen LogP contribution in [0.2, 0.25) is 0 Å². The van der Waals surface area contributed by atoms with E-state index in [2.05, 4.69) is 10.3 Å². The first kappa shape index (κ1) is 12.0. The minimum atomic E-state index is -0.451. The maximum atomic E-state index is 11.5. The largest absolute Gasteiger partial charge is 0.368 e. The number of primary amides is 1. The van der Waals surface area contributed by atoms with Crippen molar-refractivity contribution in [2.24, 2.45) is 5.73 Å². The van der Waals surface area contributed by atoms with Crippen LogP contribution in [-0.4, -0.2) is 23.0 Å². The first-order chi connectivity index (χ1) is 8.23. The molecule has 1 atom stereocenters. The number of rotatable bonds is 5. The van der Waals surface area contributed by atoms with Gasteiger partial charge in [-0.3, -0.25) is 9.78 Å². The number of aromatic nitrogens is 1. The third kappa shape index (κ3) is 2.82. The van der Waals surface area contributed by atoms with Crippen LogP contribution in [0.1, 0.15) is 31.2 Å². The number of amides is 1. The van der Waals surface area contributed by atoms with Crippen molar-refractivity contribution in [3.63, 3.8) is 0 Å². The zero-order valence-corrected chi connectivity index (χ0v) is 9.98. The van der Waals surface area contributed by atoms with Gasteiger partial charge in [-0.05, 0) is 56.3 Å². The average Bonchev–Trinajstić information content (AvgIpc) is 2.80. The Kier molecular flexibility index (Phi) is 3.74. The summed E-state index contributed by atoms with van der Waals surface area (Å²) in [6.45, 7) is 0.901. The van der Waals surface area contributed by atoms with Gasteiger partial charge in [0.1, 0.15) is 0 Å². The summed E-state index contributed by atoms with van der Waals surface area (Å²) in [6.07, 6.45) is 8.28. The molecule has 0 saturated carbocycles. The summed E-state index contributed by atoms with van der Waals surface area (Å²) in [5.41, 5.74) is 6.31. The van der Waals surface area contributed by atoms with Crippen LogP contribution in [0.5, 0.6) is 0 Å². The van der Waals surface area contributed by atoms with Gasteiger partial charge in [0.2, 0.25) is 5.91 Å². The number of nitrogens with two attached hydrogens (primary N) is 1. The van der Waals surface area contributed by atoms with Gasteiger partial charge in [0.15, 0.2) is 0 Å². The number of carbonyl (C=O) groups is 1. The molecule has 1 fully saturated rings. The van der Waals surface area contributed by atoms with E-state index in [4.69, 9.17) is 5.73 Å². The number of aryl methyl sites for hydroxylation is 1. The van der Waals surface area contributed by atoms with Crippen molar-refractivity contribution in [2.75, 3.05) is 6.54 Å². The van der Waals surface area contributed by atoms with E-state index in [9.17, 15) is 4.79 Å². The Balaban J connectivity index is 1.87. The lowest BCUT2D eigenvalue weighted by atomic mass is 9.89. The van der Waals surface area contributed by atoms with Crippen LogP contribution in [0.15, 0.2) is 24.5 Å². The zero-order valence-electron chi connectivity index (χ0n) is 9.98. The minimum Gasteiger partial charge on any atom is -0.368 e. The standard InChI is InChI=1S/C13H19N3O/c14-12(17)13(7-2-8-16-13)6-1-3-11-4-9-15-10-5-11/h4-5,9-10,16H,1-3,6-8H2,(H2,14,17)/t13-/m1/s1. The predicted octanol–water partition coefficient (Wildman–Crippen LogP) is 1.01. The second-order valence-corrected chi connectivity index (χ2v) is 4.69. The Morgan fingerprint density at radius 3 is 2.82 bits per heavy atom. The molecule has 0 unspecified atom stereocenters. The molecule has 1 saturated heterocycles. The monoisotopic (exact) mass is 233 g/mol. The van der Waals surface area contributed by atoms with E-state index >= 15 is 0 Å². The van der Waals surface area contributed by atoms with Crippen LogP contribution in [0.3, 0.4) is 0 Å². The Morgan fingerprint density at radius 1 is 1.47 bits per heavy atom. The smallest absolute Gasteiger partial charge is 0.237 e. The molecular formula is C13H19N3O. The van der Waals surface area contributed by atoms with Crippen molar-refractivity contribution >= 4 is 5.91 Å². The first-order valence-electron chi connectivity index (χ1n) is 6.17. The summed E-state index contributed by atoms with van der Waals surface area (Å²) in [4.78, 5) is 15.5. The SMILES string of the molecule is NC(=O)[C@@]1(CCCc2ccncc2)CCCN1. The summed E-state index contributed by atoms with van der Waals surface area (Å²) in [5.74, 6) is -0.204. The molecule has 2 heterocycles. The molecule has 0 aromatic carbocycles. The number of nitrogens with one attached hydrogen (secondary N) is 1. The van der Waals surface area contributed by atoms with Crippen LogP contribution in [0.4, 0.5) is 0 Å². The molecule has 1 aromatic heterocycles. The third-order valence-electron chi connectivity index (χ3n) is 3.53. The van der Waals surface area contributed by atoms with Crippen molar-refractivity contribution in [1.82, 2.24) is 10.3 Å². The molecule has 0 radical (unpaired) electrons. The molecule has 1 amide bonds. The van der Waals surface area contributed by atoms with E-state index in [1.807, 2.05) is 12.1 Å². The number of pyridine rings is 1. The molecule has 2 rings (SSSR count). The Hall–Kier alpha value is -1.42. The van der Waals surface area contributed by atoms with E-state index in [-0.39, 0.29) is 5.91 Å². The van der Waals surface area contributed by atoms with Crippen molar-refractivity contribution in [1.29, 1.82) is 0 Å². The topological polar surface area (TPSA) is 68.0 Å². The molecule has 17 heavy (non-hydrogen) atoms. The van der Waals surface area contributed by atoms with Gasteiger partial charge in [-0.2, -0.15) is 0 Å². The van der Waals surface area contributed by atoms with E-state index in [1.165, 1.54) is 5.56 Å². The van der Waals surface area contributed by atoms with Gasteiger partial charge in [0.05, 0.1) is 5.54 Å². The second kappa shape index (κ2) is 5.27. The van der Waals surface area contributed by atoms with Crippen LogP contribution in [0, 0.1) is 0 Å².